The van der Waals surface area contributed by atoms with E-state index in [1.165, 1.54) is 4.88 Å². The molecule has 1 aromatic carbocycles. The Hall–Kier alpha value is -2.64. The molecule has 0 aliphatic carbocycles. The number of thiophene rings is 1. The number of amidine groups is 1. The number of aryl methyl sites for hydroxylation is 2. The predicted molar refractivity (Wildman–Crippen MR) is 112 cm³/mol. The third-order valence-electron chi connectivity index (χ3n) is 4.83. The summed E-state index contributed by atoms with van der Waals surface area (Å²) in [6.45, 7) is 6.05. The molecule has 0 bridgehead atoms. The Balaban J connectivity index is 1.91. The van der Waals surface area contributed by atoms with E-state index in [2.05, 4.69) is 24.3 Å². The molecule has 0 saturated heterocycles. The Kier molecular flexibility index (Phi) is 4.72. The Morgan fingerprint density at radius 3 is 2.64 bits per heavy atom. The Morgan fingerprint density at radius 1 is 1.25 bits per heavy atom. The largest absolute Gasteiger partial charge is 0.370 e. The summed E-state index contributed by atoms with van der Waals surface area (Å²) in [4.78, 5) is 18.8. The van der Waals surface area contributed by atoms with Gasteiger partial charge in [-0.05, 0) is 50.6 Å². The van der Waals surface area contributed by atoms with Crippen LogP contribution in [0.5, 0.6) is 0 Å². The first-order chi connectivity index (χ1) is 13.3. The van der Waals surface area contributed by atoms with Crippen LogP contribution in [-0.2, 0) is 4.79 Å². The van der Waals surface area contributed by atoms with Crippen molar-refractivity contribution in [2.24, 2.45) is 10.7 Å². The monoisotopic (exact) mass is 414 g/mol. The number of amides is 1. The van der Waals surface area contributed by atoms with E-state index in [-0.39, 0.29) is 6.42 Å². The number of nitrogens with two attached hydrogens (primary N) is 1. The summed E-state index contributed by atoms with van der Waals surface area (Å²) in [7, 11) is 0. The second-order valence-corrected chi connectivity index (χ2v) is 8.45. The van der Waals surface area contributed by atoms with Crippen LogP contribution in [0.25, 0.3) is 10.4 Å². The van der Waals surface area contributed by atoms with Crippen LogP contribution < -0.4 is 11.1 Å². The summed E-state index contributed by atoms with van der Waals surface area (Å²) in [5.41, 5.74) is 10.1. The number of carbonyl (C=O) groups excluding carboxylic acids is 1. The van der Waals surface area contributed by atoms with Gasteiger partial charge in [-0.25, -0.2) is 0 Å². The molecule has 4 rings (SSSR count). The quantitative estimate of drug-likeness (QED) is 0.645. The number of benzene rings is 1. The van der Waals surface area contributed by atoms with E-state index in [0.29, 0.717) is 16.6 Å². The Bertz CT molecular complexity index is 1100. The summed E-state index contributed by atoms with van der Waals surface area (Å²) < 4.78 is 5.60. The molecule has 3 aromatic rings. The van der Waals surface area contributed by atoms with Gasteiger partial charge >= 0.3 is 0 Å². The lowest BCUT2D eigenvalue weighted by Gasteiger charge is -2.13. The van der Waals surface area contributed by atoms with Crippen LogP contribution in [0.3, 0.4) is 0 Å². The second-order valence-electron chi connectivity index (χ2n) is 6.79. The van der Waals surface area contributed by atoms with Crippen molar-refractivity contribution >= 4 is 40.4 Å². The molecule has 8 heteroatoms. The molecule has 0 radical (unpaired) electrons. The molecule has 1 amide bonds. The van der Waals surface area contributed by atoms with Crippen molar-refractivity contribution in [1.29, 1.82) is 0 Å². The van der Waals surface area contributed by atoms with E-state index in [0.717, 1.165) is 32.9 Å². The van der Waals surface area contributed by atoms with Crippen molar-refractivity contribution in [2.45, 2.75) is 33.2 Å². The molecule has 1 atom stereocenters. The van der Waals surface area contributed by atoms with Crippen molar-refractivity contribution in [2.75, 3.05) is 5.32 Å². The van der Waals surface area contributed by atoms with Crippen LogP contribution in [0.2, 0.25) is 5.02 Å². The maximum Gasteiger partial charge on any atom is 0.220 e. The number of carbonyl (C=O) groups is 1. The highest BCUT2D eigenvalue weighted by Crippen LogP contribution is 2.45. The van der Waals surface area contributed by atoms with Gasteiger partial charge in [-0.3, -0.25) is 9.79 Å². The number of hydrogen-bond acceptors (Lipinski definition) is 6. The first-order valence-electron chi connectivity index (χ1n) is 8.80. The number of nitrogens with one attached hydrogen (secondary N) is 1. The van der Waals surface area contributed by atoms with Gasteiger partial charge in [0.25, 0.3) is 0 Å². The number of anilines is 1. The number of hydrogen-bond donors (Lipinski definition) is 2. The third kappa shape index (κ3) is 3.21. The molecular formula is C20H19ClN4O2S. The first-order valence-corrected chi connectivity index (χ1v) is 10.00. The van der Waals surface area contributed by atoms with Gasteiger partial charge in [-0.2, -0.15) is 0 Å². The van der Waals surface area contributed by atoms with Crippen molar-refractivity contribution in [1.82, 2.24) is 5.16 Å². The van der Waals surface area contributed by atoms with E-state index in [9.17, 15) is 4.79 Å². The topological polar surface area (TPSA) is 93.5 Å². The SMILES string of the molecule is Cc1noc2c1-c1sc(C)c(C)c1C(Nc1ccc(Cl)cc1)=NC2CC(N)=O. The van der Waals surface area contributed by atoms with Crippen LogP contribution in [0.1, 0.15) is 39.9 Å². The smallest absolute Gasteiger partial charge is 0.220 e. The molecule has 3 heterocycles. The predicted octanol–water partition coefficient (Wildman–Crippen LogP) is 4.77. The van der Waals surface area contributed by atoms with Crippen molar-refractivity contribution in [3.8, 4) is 10.4 Å². The second kappa shape index (κ2) is 7.07. The van der Waals surface area contributed by atoms with E-state index >= 15 is 0 Å². The zero-order chi connectivity index (χ0) is 20.0. The average Bonchev–Trinajstić information content (AvgIpc) is 3.11. The van der Waals surface area contributed by atoms with Gasteiger partial charge in [0.15, 0.2) is 5.76 Å². The van der Waals surface area contributed by atoms with Crippen molar-refractivity contribution in [3.63, 3.8) is 0 Å². The number of fused-ring (bicyclic) bond motifs is 3. The summed E-state index contributed by atoms with van der Waals surface area (Å²) in [5.74, 6) is 0.806. The van der Waals surface area contributed by atoms with Crippen molar-refractivity contribution < 1.29 is 9.32 Å². The first kappa shape index (κ1) is 18.7. The molecule has 0 fully saturated rings. The molecule has 144 valence electrons. The van der Waals surface area contributed by atoms with Crippen molar-refractivity contribution in [3.05, 3.63) is 56.7 Å². The van der Waals surface area contributed by atoms with Gasteiger partial charge < -0.3 is 15.6 Å². The number of nitrogens with zero attached hydrogens (tertiary/aromatic N) is 2. The van der Waals surface area contributed by atoms with Gasteiger partial charge in [0, 0.05) is 21.2 Å². The highest BCUT2D eigenvalue weighted by Gasteiger charge is 2.33. The van der Waals surface area contributed by atoms with Gasteiger partial charge in [-0.15, -0.1) is 11.3 Å². The molecule has 28 heavy (non-hydrogen) atoms. The Labute approximate surface area is 171 Å². The van der Waals surface area contributed by atoms with Gasteiger partial charge in [-0.1, -0.05) is 16.8 Å². The number of rotatable bonds is 3. The van der Waals surface area contributed by atoms with Gasteiger partial charge in [0.2, 0.25) is 5.91 Å². The molecule has 1 unspecified atom stereocenters. The number of aliphatic imine (C=N–C) groups is 1. The average molecular weight is 415 g/mol. The molecule has 6 nitrogen and oxygen atoms in total. The zero-order valence-corrected chi connectivity index (χ0v) is 17.2. The molecule has 0 spiro atoms. The standard InChI is InChI=1S/C20H19ClN4O2S/c1-9-11(3)28-19-16(9)20(23-13-6-4-12(21)5-7-13)24-14(8-15(22)26)18-17(19)10(2)25-27-18/h4-7,14H,8H2,1-3H3,(H2,22,26)(H,23,24). The maximum atomic E-state index is 11.7. The molecule has 2 aromatic heterocycles. The van der Waals surface area contributed by atoms with E-state index in [1.807, 2.05) is 31.2 Å². The minimum Gasteiger partial charge on any atom is -0.370 e. The molecule has 0 saturated carbocycles. The van der Waals surface area contributed by atoms with Gasteiger partial charge in [0.05, 0.1) is 22.6 Å². The minimum atomic E-state index is -0.539. The molecule has 1 aliphatic heterocycles. The van der Waals surface area contributed by atoms with Crippen LogP contribution in [-0.4, -0.2) is 16.9 Å². The van der Waals surface area contributed by atoms with Crippen LogP contribution >= 0.6 is 22.9 Å². The Morgan fingerprint density at radius 2 is 1.96 bits per heavy atom. The zero-order valence-electron chi connectivity index (χ0n) is 15.7. The van der Waals surface area contributed by atoms with Crippen LogP contribution in [0.4, 0.5) is 5.69 Å². The fourth-order valence-corrected chi connectivity index (χ4v) is 4.74. The van der Waals surface area contributed by atoms with Gasteiger partial charge in [0.1, 0.15) is 11.9 Å². The number of aromatic nitrogens is 1. The van der Waals surface area contributed by atoms with E-state index < -0.39 is 11.9 Å². The normalized spacial score (nSPS) is 15.4. The number of primary amides is 1. The minimum absolute atomic E-state index is 0.0421. The molecule has 1 aliphatic rings. The summed E-state index contributed by atoms with van der Waals surface area (Å²) in [6.07, 6.45) is 0.0421. The lowest BCUT2D eigenvalue weighted by Crippen LogP contribution is -2.18. The fourth-order valence-electron chi connectivity index (χ4n) is 3.35. The third-order valence-corrected chi connectivity index (χ3v) is 6.30. The van der Waals surface area contributed by atoms with E-state index in [4.69, 9.17) is 26.9 Å². The lowest BCUT2D eigenvalue weighted by atomic mass is 10.0. The summed E-state index contributed by atoms with van der Waals surface area (Å²) in [5, 5.41) is 8.18. The van der Waals surface area contributed by atoms with Crippen LogP contribution in [0, 0.1) is 20.8 Å². The highest BCUT2D eigenvalue weighted by molar-refractivity contribution is 7.16. The van der Waals surface area contributed by atoms with E-state index in [1.54, 1.807) is 11.3 Å². The molecule has 3 N–H and O–H groups in total. The molecular weight excluding hydrogens is 396 g/mol. The summed E-state index contributed by atoms with van der Waals surface area (Å²) in [6, 6.07) is 6.86. The van der Waals surface area contributed by atoms with Crippen LogP contribution in [0.15, 0.2) is 33.8 Å². The summed E-state index contributed by atoms with van der Waals surface area (Å²) >= 11 is 7.68. The highest BCUT2D eigenvalue weighted by atomic mass is 35.5. The number of halogens is 1. The lowest BCUT2D eigenvalue weighted by molar-refractivity contribution is -0.118. The maximum absolute atomic E-state index is 11.7. The fraction of sp³-hybridized carbons (Fsp3) is 0.250.